The largest absolute Gasteiger partial charge is 0.479 e. The van der Waals surface area contributed by atoms with Crippen LogP contribution in [0.15, 0.2) is 11.0 Å². The lowest BCUT2D eigenvalue weighted by atomic mass is 10.2. The van der Waals surface area contributed by atoms with Crippen molar-refractivity contribution in [1.29, 1.82) is 0 Å². The number of carboxylic acid groups (broad SMARTS) is 1. The number of hydrogen-bond donors (Lipinski definition) is 2. The molecule has 0 atom stereocenters. The Hall–Kier alpha value is -2.98. The van der Waals surface area contributed by atoms with Gasteiger partial charge in [0.25, 0.3) is 5.56 Å². The fourth-order valence-corrected chi connectivity index (χ4v) is 1.51. The fourth-order valence-electron chi connectivity index (χ4n) is 1.51. The van der Waals surface area contributed by atoms with Gasteiger partial charge in [0.1, 0.15) is 18.0 Å². The Morgan fingerprint density at radius 3 is 2.09 bits per heavy atom. The van der Waals surface area contributed by atoms with Crippen LogP contribution in [0.4, 0.5) is 22.0 Å². The highest BCUT2D eigenvalue weighted by Gasteiger charge is 2.27. The zero-order valence-electron chi connectivity index (χ0n) is 10.8. The van der Waals surface area contributed by atoms with Crippen LogP contribution in [-0.4, -0.2) is 21.0 Å². The minimum Gasteiger partial charge on any atom is -0.479 e. The first-order valence-electron chi connectivity index (χ1n) is 5.69. The number of benzene rings is 1. The molecule has 6 nitrogen and oxygen atoms in total. The molecule has 0 radical (unpaired) electrons. The van der Waals surface area contributed by atoms with E-state index in [1.54, 1.807) is 0 Å². The lowest BCUT2D eigenvalue weighted by Crippen LogP contribution is -2.21. The molecule has 1 aromatic heterocycles. The first-order chi connectivity index (χ1) is 10.7. The molecule has 0 aliphatic carbocycles. The van der Waals surface area contributed by atoms with Crippen LogP contribution in [0.3, 0.4) is 0 Å². The van der Waals surface area contributed by atoms with Gasteiger partial charge >= 0.3 is 5.97 Å². The quantitative estimate of drug-likeness (QED) is 0.504. The minimum absolute atomic E-state index is 0.385. The highest BCUT2D eigenvalue weighted by molar-refractivity contribution is 5.86. The van der Waals surface area contributed by atoms with Crippen LogP contribution in [0.2, 0.25) is 0 Å². The normalized spacial score (nSPS) is 10.7. The smallest absolute Gasteiger partial charge is 0.342 e. The van der Waals surface area contributed by atoms with E-state index in [0.717, 1.165) is 0 Å². The molecule has 0 saturated carbocycles. The molecular weight excluding hydrogens is 331 g/mol. The summed E-state index contributed by atoms with van der Waals surface area (Å²) in [6.45, 7) is -0.868. The first-order valence-corrected chi connectivity index (χ1v) is 5.69. The van der Waals surface area contributed by atoms with Crippen molar-refractivity contribution in [1.82, 2.24) is 9.97 Å². The second kappa shape index (κ2) is 6.02. The van der Waals surface area contributed by atoms with E-state index in [9.17, 15) is 31.5 Å². The molecule has 2 aromatic rings. The van der Waals surface area contributed by atoms with E-state index in [-0.39, 0.29) is 5.82 Å². The van der Waals surface area contributed by atoms with E-state index in [1.165, 1.54) is 0 Å². The number of ether oxygens (including phenoxy) is 1. The summed E-state index contributed by atoms with van der Waals surface area (Å²) in [6, 6.07) is 0. The Balaban J connectivity index is 2.30. The van der Waals surface area contributed by atoms with E-state index < -0.39 is 58.5 Å². The van der Waals surface area contributed by atoms with Gasteiger partial charge in [0, 0.05) is 6.20 Å². The summed E-state index contributed by atoms with van der Waals surface area (Å²) >= 11 is 0. The number of aromatic nitrogens is 2. The number of aromatic amines is 1. The fraction of sp³-hybridized carbons (Fsp3) is 0.0833. The molecule has 0 amide bonds. The van der Waals surface area contributed by atoms with Crippen LogP contribution < -0.4 is 10.3 Å². The summed E-state index contributed by atoms with van der Waals surface area (Å²) in [7, 11) is 0. The molecule has 2 rings (SSSR count). The Kier molecular flexibility index (Phi) is 4.29. The molecule has 23 heavy (non-hydrogen) atoms. The summed E-state index contributed by atoms with van der Waals surface area (Å²) in [6.07, 6.45) is 0.651. The lowest BCUT2D eigenvalue weighted by Gasteiger charge is -2.09. The van der Waals surface area contributed by atoms with Crippen LogP contribution in [-0.2, 0) is 6.61 Å². The number of nitrogens with one attached hydrogen (secondary N) is 1. The average molecular weight is 336 g/mol. The Morgan fingerprint density at radius 1 is 1.09 bits per heavy atom. The number of nitrogens with zero attached hydrogens (tertiary/aromatic N) is 1. The van der Waals surface area contributed by atoms with Crippen LogP contribution in [0, 0.1) is 29.1 Å². The Labute approximate surface area is 123 Å². The summed E-state index contributed by atoms with van der Waals surface area (Å²) < 4.78 is 69.9. The van der Waals surface area contributed by atoms with Crippen molar-refractivity contribution >= 4 is 5.97 Å². The van der Waals surface area contributed by atoms with Gasteiger partial charge in [-0.2, -0.15) is 8.78 Å². The van der Waals surface area contributed by atoms with Gasteiger partial charge in [0.15, 0.2) is 5.75 Å². The lowest BCUT2D eigenvalue weighted by molar-refractivity contribution is 0.0694. The van der Waals surface area contributed by atoms with Crippen LogP contribution in [0.1, 0.15) is 16.2 Å². The molecule has 1 heterocycles. The zero-order valence-corrected chi connectivity index (χ0v) is 10.8. The third-order valence-electron chi connectivity index (χ3n) is 2.61. The third-order valence-corrected chi connectivity index (χ3v) is 2.61. The van der Waals surface area contributed by atoms with Crippen molar-refractivity contribution in [2.45, 2.75) is 6.61 Å². The molecule has 0 fully saturated rings. The summed E-state index contributed by atoms with van der Waals surface area (Å²) in [5, 5.41) is 8.62. The van der Waals surface area contributed by atoms with Gasteiger partial charge in [-0.15, -0.1) is 0 Å². The highest BCUT2D eigenvalue weighted by atomic mass is 19.2. The zero-order chi connectivity index (χ0) is 17.3. The number of aromatic carboxylic acids is 1. The van der Waals surface area contributed by atoms with Gasteiger partial charge in [0.2, 0.25) is 29.1 Å². The monoisotopic (exact) mass is 336 g/mol. The molecule has 0 unspecified atom stereocenters. The molecule has 11 heteroatoms. The molecule has 1 aromatic carbocycles. The predicted octanol–water partition coefficient (Wildman–Crippen LogP) is 1.74. The molecule has 0 spiro atoms. The number of carboxylic acids is 1. The first kappa shape index (κ1) is 16.4. The van der Waals surface area contributed by atoms with Gasteiger partial charge in [-0.3, -0.25) is 4.79 Å². The maximum Gasteiger partial charge on any atom is 0.342 e. The summed E-state index contributed by atoms with van der Waals surface area (Å²) in [5.41, 5.74) is -1.78. The van der Waals surface area contributed by atoms with Crippen LogP contribution in [0.5, 0.6) is 5.75 Å². The van der Waals surface area contributed by atoms with E-state index in [2.05, 4.69) is 9.72 Å². The van der Waals surface area contributed by atoms with Gasteiger partial charge in [-0.25, -0.2) is 22.9 Å². The van der Waals surface area contributed by atoms with Gasteiger partial charge in [0.05, 0.1) is 0 Å². The second-order valence-electron chi connectivity index (χ2n) is 4.07. The standard InChI is InChI=1S/C12H5F5N2O4/c13-5-6(14)8(16)10(9(17)7(5)15)23-2-4-18-1-3(12(21)22)11(20)19-4/h1H,2H2,(H,21,22)(H,18,19,20). The molecule has 0 aliphatic heterocycles. The van der Waals surface area contributed by atoms with Crippen LogP contribution >= 0.6 is 0 Å². The predicted molar refractivity (Wildman–Crippen MR) is 62.4 cm³/mol. The van der Waals surface area contributed by atoms with Crippen molar-refractivity contribution in [2.24, 2.45) is 0 Å². The maximum atomic E-state index is 13.3. The second-order valence-corrected chi connectivity index (χ2v) is 4.07. The molecule has 0 saturated heterocycles. The van der Waals surface area contributed by atoms with Crippen molar-refractivity contribution in [2.75, 3.05) is 0 Å². The topological polar surface area (TPSA) is 92.3 Å². The number of hydrogen-bond acceptors (Lipinski definition) is 4. The number of H-pyrrole nitrogens is 1. The van der Waals surface area contributed by atoms with Crippen molar-refractivity contribution in [3.63, 3.8) is 0 Å². The maximum absolute atomic E-state index is 13.3. The van der Waals surface area contributed by atoms with E-state index in [1.807, 2.05) is 4.98 Å². The number of rotatable bonds is 4. The summed E-state index contributed by atoms with van der Waals surface area (Å²) in [5.74, 6) is -14.6. The SMILES string of the molecule is O=C(O)c1cnc(COc2c(F)c(F)c(F)c(F)c2F)[nH]c1=O. The minimum atomic E-state index is -2.34. The highest BCUT2D eigenvalue weighted by Crippen LogP contribution is 2.29. The van der Waals surface area contributed by atoms with Crippen molar-refractivity contribution in [3.05, 3.63) is 57.0 Å². The Morgan fingerprint density at radius 2 is 1.61 bits per heavy atom. The molecule has 2 N–H and O–H groups in total. The number of halogens is 5. The van der Waals surface area contributed by atoms with Gasteiger partial charge in [-0.1, -0.05) is 0 Å². The van der Waals surface area contributed by atoms with Crippen LogP contribution in [0.25, 0.3) is 0 Å². The van der Waals surface area contributed by atoms with E-state index in [4.69, 9.17) is 5.11 Å². The molecule has 0 aliphatic rings. The van der Waals surface area contributed by atoms with E-state index in [0.29, 0.717) is 6.20 Å². The molecule has 122 valence electrons. The number of carbonyl (C=O) groups is 1. The van der Waals surface area contributed by atoms with Gasteiger partial charge < -0.3 is 14.8 Å². The average Bonchev–Trinajstić information content (AvgIpc) is 2.50. The molecule has 0 bridgehead atoms. The Bertz CT molecular complexity index is 823. The van der Waals surface area contributed by atoms with Crippen molar-refractivity contribution in [3.8, 4) is 5.75 Å². The van der Waals surface area contributed by atoms with E-state index >= 15 is 0 Å². The molecular formula is C12H5F5N2O4. The summed E-state index contributed by atoms with van der Waals surface area (Å²) in [4.78, 5) is 27.3. The van der Waals surface area contributed by atoms with Gasteiger partial charge in [-0.05, 0) is 0 Å². The third kappa shape index (κ3) is 2.98. The van der Waals surface area contributed by atoms with Crippen molar-refractivity contribution < 1.29 is 36.6 Å².